The molecule has 0 bridgehead atoms. The second-order valence-electron chi connectivity index (χ2n) is 4.56. The minimum absolute atomic E-state index is 0.273. The summed E-state index contributed by atoms with van der Waals surface area (Å²) in [6.45, 7) is 0.559. The second-order valence-corrected chi connectivity index (χ2v) is 6.12. The highest BCUT2D eigenvalue weighted by Gasteiger charge is 2.35. The summed E-state index contributed by atoms with van der Waals surface area (Å²) in [5.41, 5.74) is 1.55. The van der Waals surface area contributed by atoms with Gasteiger partial charge >= 0.3 is 0 Å². The number of rotatable bonds is 2. The van der Waals surface area contributed by atoms with Gasteiger partial charge in [0.05, 0.1) is 6.33 Å². The van der Waals surface area contributed by atoms with Crippen LogP contribution in [-0.2, 0) is 17.7 Å². The van der Waals surface area contributed by atoms with Gasteiger partial charge in [0, 0.05) is 20.6 Å². The van der Waals surface area contributed by atoms with E-state index in [4.69, 9.17) is 0 Å². The first-order chi connectivity index (χ1) is 9.59. The van der Waals surface area contributed by atoms with Crippen LogP contribution in [0.5, 0.6) is 0 Å². The topological polar surface area (TPSA) is 58.4 Å². The predicted octanol–water partition coefficient (Wildman–Crippen LogP) is 1.03. The van der Waals surface area contributed by atoms with Crippen molar-refractivity contribution in [2.75, 3.05) is 18.4 Å². The summed E-state index contributed by atoms with van der Waals surface area (Å²) < 4.78 is 16.5. The quantitative estimate of drug-likeness (QED) is 0.830. The van der Waals surface area contributed by atoms with Gasteiger partial charge in [0.1, 0.15) is 0 Å². The summed E-state index contributed by atoms with van der Waals surface area (Å²) in [6.07, 6.45) is 1.61. The van der Waals surface area contributed by atoms with Crippen LogP contribution in [0.4, 0.5) is 5.82 Å². The first kappa shape index (κ1) is 12.9. The second kappa shape index (κ2) is 4.75. The molecule has 0 aliphatic carbocycles. The van der Waals surface area contributed by atoms with Gasteiger partial charge in [-0.25, -0.2) is 13.5 Å². The van der Waals surface area contributed by atoms with Crippen molar-refractivity contribution >= 4 is 22.9 Å². The number of carbonyl (C=O) groups is 1. The van der Waals surface area contributed by atoms with Crippen LogP contribution in [0.2, 0.25) is 0 Å². The maximum atomic E-state index is 12.3. The van der Waals surface area contributed by atoms with Gasteiger partial charge in [0.2, 0.25) is 11.2 Å². The lowest BCUT2D eigenvalue weighted by molar-refractivity contribution is 0.0875. The number of aromatic nitrogens is 2. The molecule has 0 radical (unpaired) electrons. The molecule has 3 rings (SSSR count). The van der Waals surface area contributed by atoms with Crippen molar-refractivity contribution in [3.05, 3.63) is 47.9 Å². The zero-order valence-corrected chi connectivity index (χ0v) is 12.0. The van der Waals surface area contributed by atoms with E-state index in [2.05, 4.69) is 4.98 Å². The highest BCUT2D eigenvalue weighted by molar-refractivity contribution is 7.84. The van der Waals surface area contributed by atoms with Crippen LogP contribution in [0, 0.1) is 0 Å². The third kappa shape index (κ3) is 1.90. The number of imidazole rings is 1. The Balaban J connectivity index is 2.03. The van der Waals surface area contributed by atoms with Crippen molar-refractivity contribution in [1.29, 1.82) is 0 Å². The minimum atomic E-state index is -1.51. The standard InChI is InChI=1S/C13H14N4O2S/c1-15-12-11(13(18)16(2)20(15)19)17(9-14-12)8-10-6-4-3-5-7-10/h3-7,9H,8H2,1-2H3. The molecule has 1 aromatic carbocycles. The van der Waals surface area contributed by atoms with Crippen molar-refractivity contribution in [3.8, 4) is 0 Å². The minimum Gasteiger partial charge on any atom is -0.320 e. The Kier molecular flexibility index (Phi) is 3.06. The molecule has 1 aliphatic rings. The number of carbonyl (C=O) groups excluding carboxylic acids is 1. The smallest absolute Gasteiger partial charge is 0.287 e. The van der Waals surface area contributed by atoms with E-state index in [1.165, 1.54) is 15.7 Å². The zero-order chi connectivity index (χ0) is 14.3. The summed E-state index contributed by atoms with van der Waals surface area (Å²) in [5.74, 6) is 0.187. The van der Waals surface area contributed by atoms with Crippen molar-refractivity contribution in [2.45, 2.75) is 6.54 Å². The van der Waals surface area contributed by atoms with Crippen molar-refractivity contribution in [3.63, 3.8) is 0 Å². The Labute approximate surface area is 119 Å². The van der Waals surface area contributed by atoms with Crippen LogP contribution in [-0.4, -0.2) is 38.1 Å². The molecular weight excluding hydrogens is 276 g/mol. The van der Waals surface area contributed by atoms with Crippen LogP contribution >= 0.6 is 0 Å². The first-order valence-electron chi connectivity index (χ1n) is 6.12. The number of fused-ring (bicyclic) bond motifs is 1. The normalized spacial score (nSPS) is 18.3. The largest absolute Gasteiger partial charge is 0.320 e. The van der Waals surface area contributed by atoms with Gasteiger partial charge < -0.3 is 4.57 Å². The highest BCUT2D eigenvalue weighted by atomic mass is 32.2. The Morgan fingerprint density at radius 3 is 2.55 bits per heavy atom. The molecule has 1 aliphatic heterocycles. The Hall–Kier alpha value is -2.15. The fraction of sp³-hybridized carbons (Fsp3) is 0.231. The summed E-state index contributed by atoms with van der Waals surface area (Å²) in [6, 6.07) is 9.83. The molecule has 0 saturated heterocycles. The number of benzene rings is 1. The maximum absolute atomic E-state index is 12.3. The molecule has 0 fully saturated rings. The molecule has 7 heteroatoms. The van der Waals surface area contributed by atoms with Crippen LogP contribution in [0.1, 0.15) is 16.1 Å². The van der Waals surface area contributed by atoms with Crippen LogP contribution < -0.4 is 4.31 Å². The van der Waals surface area contributed by atoms with Gasteiger partial charge in [-0.05, 0) is 5.56 Å². The Morgan fingerprint density at radius 2 is 1.85 bits per heavy atom. The van der Waals surface area contributed by atoms with Gasteiger partial charge in [0.15, 0.2) is 11.5 Å². The Morgan fingerprint density at radius 1 is 1.15 bits per heavy atom. The molecule has 20 heavy (non-hydrogen) atoms. The average Bonchev–Trinajstić information content (AvgIpc) is 2.88. The van der Waals surface area contributed by atoms with Gasteiger partial charge in [-0.2, -0.15) is 0 Å². The number of nitrogens with zero attached hydrogens (tertiary/aromatic N) is 4. The molecule has 2 aromatic rings. The third-order valence-electron chi connectivity index (χ3n) is 3.27. The molecule has 1 amide bonds. The maximum Gasteiger partial charge on any atom is 0.287 e. The van der Waals surface area contributed by atoms with E-state index in [1.54, 1.807) is 17.9 Å². The molecule has 0 spiro atoms. The molecule has 1 aromatic heterocycles. The van der Waals surface area contributed by atoms with E-state index in [0.717, 1.165) is 5.56 Å². The molecule has 0 N–H and O–H groups in total. The molecule has 2 heterocycles. The van der Waals surface area contributed by atoms with Gasteiger partial charge in [-0.15, -0.1) is 0 Å². The summed E-state index contributed by atoms with van der Waals surface area (Å²) in [5, 5.41) is 0. The third-order valence-corrected chi connectivity index (χ3v) is 4.55. The van der Waals surface area contributed by atoms with Crippen LogP contribution in [0.25, 0.3) is 0 Å². The first-order valence-corrected chi connectivity index (χ1v) is 7.19. The molecule has 0 saturated carbocycles. The Bertz CT molecular complexity index is 683. The summed E-state index contributed by atoms with van der Waals surface area (Å²) >= 11 is -1.51. The molecule has 6 nitrogen and oxygen atoms in total. The van der Waals surface area contributed by atoms with E-state index in [0.29, 0.717) is 18.1 Å². The van der Waals surface area contributed by atoms with E-state index < -0.39 is 11.2 Å². The van der Waals surface area contributed by atoms with Gasteiger partial charge in [-0.3, -0.25) is 9.10 Å². The van der Waals surface area contributed by atoms with Crippen LogP contribution in [0.3, 0.4) is 0 Å². The highest BCUT2D eigenvalue weighted by Crippen LogP contribution is 2.27. The lowest BCUT2D eigenvalue weighted by atomic mass is 10.2. The average molecular weight is 290 g/mol. The fourth-order valence-electron chi connectivity index (χ4n) is 2.20. The van der Waals surface area contributed by atoms with Crippen LogP contribution in [0.15, 0.2) is 36.7 Å². The zero-order valence-electron chi connectivity index (χ0n) is 11.2. The SMILES string of the molecule is CN1C(=O)c2c(ncn2Cc2ccccc2)N(C)S1=O. The number of anilines is 1. The van der Waals surface area contributed by atoms with Gasteiger partial charge in [0.25, 0.3) is 5.91 Å². The van der Waals surface area contributed by atoms with Gasteiger partial charge in [-0.1, -0.05) is 30.3 Å². The summed E-state index contributed by atoms with van der Waals surface area (Å²) in [7, 11) is 3.19. The van der Waals surface area contributed by atoms with Crippen molar-refractivity contribution in [2.24, 2.45) is 0 Å². The van der Waals surface area contributed by atoms with E-state index in [9.17, 15) is 9.00 Å². The van der Waals surface area contributed by atoms with E-state index in [1.807, 2.05) is 30.3 Å². The lowest BCUT2D eigenvalue weighted by Crippen LogP contribution is -2.44. The molecule has 1 unspecified atom stereocenters. The molecular formula is C13H14N4O2S. The predicted molar refractivity (Wildman–Crippen MR) is 76.4 cm³/mol. The summed E-state index contributed by atoms with van der Waals surface area (Å²) in [4.78, 5) is 16.5. The number of amides is 1. The van der Waals surface area contributed by atoms with E-state index in [-0.39, 0.29) is 5.91 Å². The fourth-order valence-corrected chi connectivity index (χ4v) is 3.08. The molecule has 1 atom stereocenters. The number of hydrogen-bond donors (Lipinski definition) is 0. The monoisotopic (exact) mass is 290 g/mol. The number of hydrogen-bond acceptors (Lipinski definition) is 3. The lowest BCUT2D eigenvalue weighted by Gasteiger charge is -2.29. The van der Waals surface area contributed by atoms with Crippen molar-refractivity contribution < 1.29 is 9.00 Å². The van der Waals surface area contributed by atoms with Crippen molar-refractivity contribution in [1.82, 2.24) is 13.9 Å². The van der Waals surface area contributed by atoms with E-state index >= 15 is 0 Å². The molecule has 104 valence electrons.